The van der Waals surface area contributed by atoms with Crippen molar-refractivity contribution in [2.24, 2.45) is 0 Å². The molecule has 4 aromatic rings. The molecule has 1 N–H and O–H groups in total. The maximum absolute atomic E-state index is 12.2. The molecule has 0 atom stereocenters. The second kappa shape index (κ2) is 12.7. The number of rotatable bonds is 11. The number of aromatic nitrogens is 4. The molecule has 0 bridgehead atoms. The number of pyridine rings is 1. The second-order valence-corrected chi connectivity index (χ2v) is 9.74. The van der Waals surface area contributed by atoms with Gasteiger partial charge in [0, 0.05) is 43.5 Å². The summed E-state index contributed by atoms with van der Waals surface area (Å²) in [7, 11) is 0. The van der Waals surface area contributed by atoms with Crippen LogP contribution in [-0.2, 0) is 17.6 Å². The van der Waals surface area contributed by atoms with Crippen LogP contribution in [0.1, 0.15) is 29.9 Å². The predicted octanol–water partition coefficient (Wildman–Crippen LogP) is 5.79. The minimum absolute atomic E-state index is 0.0391. The molecule has 0 unspecified atom stereocenters. The van der Waals surface area contributed by atoms with Gasteiger partial charge in [0.2, 0.25) is 5.91 Å². The summed E-state index contributed by atoms with van der Waals surface area (Å²) in [4.78, 5) is 16.5. The summed E-state index contributed by atoms with van der Waals surface area (Å²) in [5.74, 6) is 1.58. The minimum Gasteiger partial charge on any atom is -0.356 e. The summed E-state index contributed by atoms with van der Waals surface area (Å²) in [6.45, 7) is 0.581. The van der Waals surface area contributed by atoms with E-state index in [4.69, 9.17) is 23.2 Å². The topological polar surface area (TPSA) is 72.7 Å². The monoisotopic (exact) mass is 525 g/mol. The third-order valence-corrected chi connectivity index (χ3v) is 7.03. The van der Waals surface area contributed by atoms with Crippen LogP contribution < -0.4 is 5.32 Å². The fraction of sp³-hybridized carbons (Fsp3) is 0.231. The molecule has 0 fully saturated rings. The predicted molar refractivity (Wildman–Crippen MR) is 142 cm³/mol. The number of thioether (sulfide) groups is 1. The molecule has 0 aliphatic heterocycles. The van der Waals surface area contributed by atoms with E-state index in [0.29, 0.717) is 29.4 Å². The Kier molecular flexibility index (Phi) is 9.17. The first-order valence-electron chi connectivity index (χ1n) is 11.3. The van der Waals surface area contributed by atoms with E-state index >= 15 is 0 Å². The standard InChI is InChI=1S/C26H25Cl2N5OS/c27-22-12-11-21(18-23(22)28)33-24(17-19-7-2-1-3-8-19)31-32-26(33)35-16-6-10-25(34)30-15-13-20-9-4-5-14-29-20/h1-5,7-9,11-12,14,18H,6,10,13,15-17H2,(H,30,34). The Bertz CT molecular complexity index is 1250. The molecule has 2 heterocycles. The van der Waals surface area contributed by atoms with E-state index in [2.05, 4.69) is 32.6 Å². The van der Waals surface area contributed by atoms with E-state index in [-0.39, 0.29) is 5.91 Å². The van der Waals surface area contributed by atoms with E-state index < -0.39 is 0 Å². The second-order valence-electron chi connectivity index (χ2n) is 7.87. The smallest absolute Gasteiger partial charge is 0.220 e. The van der Waals surface area contributed by atoms with Gasteiger partial charge in [0.1, 0.15) is 5.82 Å². The number of nitrogens with one attached hydrogen (secondary N) is 1. The highest BCUT2D eigenvalue weighted by molar-refractivity contribution is 7.99. The Labute approximate surface area is 219 Å². The van der Waals surface area contributed by atoms with Crippen LogP contribution in [0.15, 0.2) is 78.1 Å². The Hall–Kier alpha value is -2.87. The highest BCUT2D eigenvalue weighted by Crippen LogP contribution is 2.29. The third kappa shape index (κ3) is 7.31. The number of hydrogen-bond donors (Lipinski definition) is 1. The van der Waals surface area contributed by atoms with Crippen molar-refractivity contribution in [3.63, 3.8) is 0 Å². The highest BCUT2D eigenvalue weighted by atomic mass is 35.5. The molecular formula is C26H25Cl2N5OS. The Balaban J connectivity index is 1.36. The first-order chi connectivity index (χ1) is 17.1. The minimum atomic E-state index is 0.0391. The van der Waals surface area contributed by atoms with Gasteiger partial charge in [-0.05, 0) is 42.3 Å². The van der Waals surface area contributed by atoms with Gasteiger partial charge in [-0.15, -0.1) is 10.2 Å². The first kappa shape index (κ1) is 25.2. The maximum Gasteiger partial charge on any atom is 0.220 e. The van der Waals surface area contributed by atoms with E-state index in [9.17, 15) is 4.79 Å². The highest BCUT2D eigenvalue weighted by Gasteiger charge is 2.16. The molecule has 6 nitrogen and oxygen atoms in total. The van der Waals surface area contributed by atoms with Crippen molar-refractivity contribution >= 4 is 40.9 Å². The Morgan fingerprint density at radius 2 is 1.80 bits per heavy atom. The largest absolute Gasteiger partial charge is 0.356 e. The lowest BCUT2D eigenvalue weighted by Crippen LogP contribution is -2.25. The van der Waals surface area contributed by atoms with Gasteiger partial charge < -0.3 is 5.32 Å². The van der Waals surface area contributed by atoms with E-state index in [0.717, 1.165) is 46.5 Å². The summed E-state index contributed by atoms with van der Waals surface area (Å²) >= 11 is 14.0. The van der Waals surface area contributed by atoms with E-state index in [1.807, 2.05) is 53.1 Å². The molecule has 0 saturated carbocycles. The molecule has 1 amide bonds. The van der Waals surface area contributed by atoms with Crippen molar-refractivity contribution in [1.29, 1.82) is 0 Å². The average molecular weight is 526 g/mol. The Morgan fingerprint density at radius 3 is 2.57 bits per heavy atom. The van der Waals surface area contributed by atoms with Crippen molar-refractivity contribution in [2.45, 2.75) is 30.8 Å². The number of carbonyl (C=O) groups is 1. The average Bonchev–Trinajstić information content (AvgIpc) is 3.27. The zero-order chi connectivity index (χ0) is 24.5. The summed E-state index contributed by atoms with van der Waals surface area (Å²) in [5, 5.41) is 13.6. The molecule has 0 radical (unpaired) electrons. The number of benzene rings is 2. The third-order valence-electron chi connectivity index (χ3n) is 5.28. The van der Waals surface area contributed by atoms with Gasteiger partial charge in [-0.2, -0.15) is 0 Å². The number of nitrogens with zero attached hydrogens (tertiary/aromatic N) is 4. The van der Waals surface area contributed by atoms with Crippen LogP contribution in [-0.4, -0.2) is 38.0 Å². The zero-order valence-corrected chi connectivity index (χ0v) is 21.4. The van der Waals surface area contributed by atoms with Crippen LogP contribution in [0.25, 0.3) is 5.69 Å². The van der Waals surface area contributed by atoms with Crippen LogP contribution in [0, 0.1) is 0 Å². The summed E-state index contributed by atoms with van der Waals surface area (Å²) in [5.41, 5.74) is 2.96. The number of halogens is 2. The first-order valence-corrected chi connectivity index (χ1v) is 13.1. The van der Waals surface area contributed by atoms with Crippen LogP contribution in [0.2, 0.25) is 10.0 Å². The fourth-order valence-corrected chi connectivity index (χ4v) is 4.73. The molecule has 0 spiro atoms. The molecule has 0 aliphatic rings. The molecule has 180 valence electrons. The normalized spacial score (nSPS) is 10.9. The Morgan fingerprint density at radius 1 is 0.971 bits per heavy atom. The van der Waals surface area contributed by atoms with Gasteiger partial charge in [-0.3, -0.25) is 14.3 Å². The number of carbonyl (C=O) groups excluding carboxylic acids is 1. The summed E-state index contributed by atoms with van der Waals surface area (Å²) in [6.07, 6.45) is 4.29. The van der Waals surface area contributed by atoms with Crippen LogP contribution in [0.4, 0.5) is 0 Å². The molecule has 2 aromatic carbocycles. The van der Waals surface area contributed by atoms with Gasteiger partial charge >= 0.3 is 0 Å². The molecule has 0 aliphatic carbocycles. The molecule has 2 aromatic heterocycles. The van der Waals surface area contributed by atoms with Crippen molar-refractivity contribution in [3.8, 4) is 5.69 Å². The van der Waals surface area contributed by atoms with Crippen LogP contribution in [0.5, 0.6) is 0 Å². The number of amides is 1. The number of hydrogen-bond acceptors (Lipinski definition) is 5. The molecule has 35 heavy (non-hydrogen) atoms. The van der Waals surface area contributed by atoms with Crippen LogP contribution >= 0.6 is 35.0 Å². The van der Waals surface area contributed by atoms with Gasteiger partial charge in [0.05, 0.1) is 15.7 Å². The molecular weight excluding hydrogens is 501 g/mol. The van der Waals surface area contributed by atoms with Crippen LogP contribution in [0.3, 0.4) is 0 Å². The maximum atomic E-state index is 12.2. The van der Waals surface area contributed by atoms with E-state index in [1.165, 1.54) is 0 Å². The van der Waals surface area contributed by atoms with Gasteiger partial charge in [0.25, 0.3) is 0 Å². The molecule has 4 rings (SSSR count). The van der Waals surface area contributed by atoms with Crippen molar-refractivity contribution < 1.29 is 4.79 Å². The lowest BCUT2D eigenvalue weighted by atomic mass is 10.1. The molecule has 0 saturated heterocycles. The lowest BCUT2D eigenvalue weighted by Gasteiger charge is -2.11. The lowest BCUT2D eigenvalue weighted by molar-refractivity contribution is -0.121. The SMILES string of the molecule is O=C(CCCSc1nnc(Cc2ccccc2)n1-c1ccc(Cl)c(Cl)c1)NCCc1ccccn1. The molecule has 9 heteroatoms. The summed E-state index contributed by atoms with van der Waals surface area (Å²) < 4.78 is 2.01. The van der Waals surface area contributed by atoms with Crippen molar-refractivity contribution in [3.05, 3.63) is 100 Å². The van der Waals surface area contributed by atoms with Gasteiger partial charge in [-0.1, -0.05) is 71.4 Å². The zero-order valence-electron chi connectivity index (χ0n) is 19.0. The van der Waals surface area contributed by atoms with Gasteiger partial charge in [-0.25, -0.2) is 0 Å². The van der Waals surface area contributed by atoms with Gasteiger partial charge in [0.15, 0.2) is 5.16 Å². The summed E-state index contributed by atoms with van der Waals surface area (Å²) in [6, 6.07) is 21.4. The fourth-order valence-electron chi connectivity index (χ4n) is 3.53. The van der Waals surface area contributed by atoms with Crippen molar-refractivity contribution in [2.75, 3.05) is 12.3 Å². The van der Waals surface area contributed by atoms with Crippen molar-refractivity contribution in [1.82, 2.24) is 25.1 Å². The quantitative estimate of drug-likeness (QED) is 0.198. The van der Waals surface area contributed by atoms with E-state index in [1.54, 1.807) is 24.0 Å².